The van der Waals surface area contributed by atoms with E-state index >= 15 is 0 Å². The second-order valence-corrected chi connectivity index (χ2v) is 8.21. The van der Waals surface area contributed by atoms with Gasteiger partial charge in [0.25, 0.3) is 0 Å². The highest BCUT2D eigenvalue weighted by Gasteiger charge is 2.31. The highest BCUT2D eigenvalue weighted by molar-refractivity contribution is 5.73. The molecular formula is C23H30N4O2. The average molecular weight is 395 g/mol. The summed E-state index contributed by atoms with van der Waals surface area (Å²) in [5.74, 6) is 2.00. The number of rotatable bonds is 4. The van der Waals surface area contributed by atoms with Gasteiger partial charge in [0.05, 0.1) is 0 Å². The summed E-state index contributed by atoms with van der Waals surface area (Å²) in [7, 11) is 0. The molecule has 0 bridgehead atoms. The third-order valence-corrected chi connectivity index (χ3v) is 6.27. The molecule has 0 radical (unpaired) electrons. The van der Waals surface area contributed by atoms with E-state index in [1.54, 1.807) is 19.3 Å². The number of aromatic nitrogens is 2. The lowest BCUT2D eigenvalue weighted by molar-refractivity contribution is -0.130. The van der Waals surface area contributed by atoms with E-state index in [1.165, 1.54) is 5.56 Å². The first kappa shape index (κ1) is 19.8. The lowest BCUT2D eigenvalue weighted by atomic mass is 9.91. The Kier molecular flexibility index (Phi) is 6.09. The normalized spacial score (nSPS) is 19.3. The Morgan fingerprint density at radius 1 is 0.966 bits per heavy atom. The summed E-state index contributed by atoms with van der Waals surface area (Å²) >= 11 is 0. The molecule has 3 heterocycles. The van der Waals surface area contributed by atoms with Crippen LogP contribution in [0.5, 0.6) is 11.6 Å². The molecule has 6 heteroatoms. The van der Waals surface area contributed by atoms with Gasteiger partial charge in [0.1, 0.15) is 11.4 Å². The number of hydrogen-bond acceptors (Lipinski definition) is 5. The minimum atomic E-state index is 0.200. The Bertz CT molecular complexity index is 823. The number of piperidine rings is 2. The summed E-state index contributed by atoms with van der Waals surface area (Å²) in [6, 6.07) is 8.63. The van der Waals surface area contributed by atoms with E-state index in [9.17, 15) is 4.79 Å². The van der Waals surface area contributed by atoms with Crippen molar-refractivity contribution in [2.45, 2.75) is 51.5 Å². The van der Waals surface area contributed by atoms with Crippen LogP contribution in [-0.2, 0) is 4.79 Å². The Morgan fingerprint density at radius 2 is 1.62 bits per heavy atom. The van der Waals surface area contributed by atoms with Crippen LogP contribution in [0.2, 0.25) is 0 Å². The predicted octanol–water partition coefficient (Wildman–Crippen LogP) is 3.77. The third-order valence-electron chi connectivity index (χ3n) is 6.27. The minimum absolute atomic E-state index is 0.200. The van der Waals surface area contributed by atoms with Gasteiger partial charge in [-0.15, -0.1) is 0 Å². The van der Waals surface area contributed by atoms with Gasteiger partial charge in [-0.25, -0.2) is 4.98 Å². The first-order valence-corrected chi connectivity index (χ1v) is 10.6. The fraction of sp³-hybridized carbons (Fsp3) is 0.522. The lowest BCUT2D eigenvalue weighted by Crippen LogP contribution is -2.48. The molecule has 1 aromatic carbocycles. The predicted molar refractivity (Wildman–Crippen MR) is 112 cm³/mol. The number of nitrogens with zero attached hydrogens (tertiary/aromatic N) is 4. The summed E-state index contributed by atoms with van der Waals surface area (Å²) < 4.78 is 6.07. The minimum Gasteiger partial charge on any atom is -0.437 e. The van der Waals surface area contributed by atoms with E-state index in [2.05, 4.69) is 21.8 Å². The molecule has 6 nitrogen and oxygen atoms in total. The van der Waals surface area contributed by atoms with Gasteiger partial charge < -0.3 is 14.5 Å². The fourth-order valence-corrected chi connectivity index (χ4v) is 4.50. The largest absolute Gasteiger partial charge is 0.437 e. The van der Waals surface area contributed by atoms with Crippen molar-refractivity contribution in [2.24, 2.45) is 0 Å². The van der Waals surface area contributed by atoms with Crippen molar-refractivity contribution in [1.82, 2.24) is 19.8 Å². The molecule has 0 atom stereocenters. The Labute approximate surface area is 172 Å². The molecule has 0 saturated carbocycles. The van der Waals surface area contributed by atoms with Gasteiger partial charge in [0.15, 0.2) is 0 Å². The molecule has 2 aliphatic heterocycles. The van der Waals surface area contributed by atoms with Crippen molar-refractivity contribution >= 4 is 5.91 Å². The highest BCUT2D eigenvalue weighted by atomic mass is 16.5. The number of hydrogen-bond donors (Lipinski definition) is 0. The van der Waals surface area contributed by atoms with E-state index in [0.717, 1.165) is 63.3 Å². The van der Waals surface area contributed by atoms with Gasteiger partial charge in [-0.2, -0.15) is 0 Å². The number of ether oxygens (including phenoxy) is 1. The summed E-state index contributed by atoms with van der Waals surface area (Å²) in [4.78, 5) is 25.2. The molecule has 2 saturated heterocycles. The maximum Gasteiger partial charge on any atom is 0.241 e. The number of carbonyl (C=O) groups excluding carboxylic acids is 1. The smallest absolute Gasteiger partial charge is 0.241 e. The van der Waals surface area contributed by atoms with Gasteiger partial charge in [-0.1, -0.05) is 17.7 Å². The number of aryl methyl sites for hydroxylation is 1. The van der Waals surface area contributed by atoms with Gasteiger partial charge in [0.2, 0.25) is 11.8 Å². The first-order valence-electron chi connectivity index (χ1n) is 10.6. The Morgan fingerprint density at radius 3 is 2.28 bits per heavy atom. The number of benzene rings is 1. The van der Waals surface area contributed by atoms with Crippen molar-refractivity contribution < 1.29 is 9.53 Å². The van der Waals surface area contributed by atoms with Crippen LogP contribution in [0.4, 0.5) is 0 Å². The fourth-order valence-electron chi connectivity index (χ4n) is 4.50. The zero-order valence-corrected chi connectivity index (χ0v) is 17.4. The van der Waals surface area contributed by atoms with E-state index in [0.29, 0.717) is 17.8 Å². The molecule has 0 N–H and O–H groups in total. The van der Waals surface area contributed by atoms with E-state index < -0.39 is 0 Å². The molecule has 29 heavy (non-hydrogen) atoms. The Balaban J connectivity index is 1.36. The van der Waals surface area contributed by atoms with Crippen molar-refractivity contribution in [3.8, 4) is 11.6 Å². The van der Waals surface area contributed by atoms with Crippen LogP contribution in [-0.4, -0.2) is 57.9 Å². The van der Waals surface area contributed by atoms with Gasteiger partial charge in [-0.3, -0.25) is 9.78 Å². The third kappa shape index (κ3) is 4.75. The number of amides is 1. The monoisotopic (exact) mass is 394 g/mol. The zero-order valence-electron chi connectivity index (χ0n) is 17.4. The van der Waals surface area contributed by atoms with Gasteiger partial charge in [0, 0.05) is 44.4 Å². The van der Waals surface area contributed by atoms with Crippen LogP contribution in [0, 0.1) is 6.92 Å². The van der Waals surface area contributed by atoms with E-state index in [4.69, 9.17) is 4.74 Å². The molecule has 0 spiro atoms. The molecule has 1 aromatic heterocycles. The molecule has 0 unspecified atom stereocenters. The molecule has 4 rings (SSSR count). The van der Waals surface area contributed by atoms with E-state index in [1.807, 2.05) is 29.2 Å². The molecule has 1 amide bonds. The highest BCUT2D eigenvalue weighted by Crippen LogP contribution is 2.34. The van der Waals surface area contributed by atoms with E-state index in [-0.39, 0.29) is 5.91 Å². The number of likely N-dealkylation sites (tertiary alicyclic amines) is 2. The second-order valence-electron chi connectivity index (χ2n) is 8.21. The van der Waals surface area contributed by atoms with Gasteiger partial charge in [-0.05, 0) is 57.8 Å². The van der Waals surface area contributed by atoms with Crippen molar-refractivity contribution in [3.63, 3.8) is 0 Å². The molecule has 2 fully saturated rings. The summed E-state index contributed by atoms with van der Waals surface area (Å²) in [5.41, 5.74) is 2.18. The SMILES string of the molecule is CC(=O)N1CCC(N2CCC(c3nccnc3Oc3ccc(C)cc3)CC2)CC1. The second kappa shape index (κ2) is 8.91. The summed E-state index contributed by atoms with van der Waals surface area (Å²) in [5, 5.41) is 0. The van der Waals surface area contributed by atoms with Crippen LogP contribution in [0.1, 0.15) is 49.8 Å². The summed E-state index contributed by atoms with van der Waals surface area (Å²) in [6.45, 7) is 7.64. The maximum atomic E-state index is 11.5. The van der Waals surface area contributed by atoms with Gasteiger partial charge >= 0.3 is 0 Å². The van der Waals surface area contributed by atoms with Crippen LogP contribution < -0.4 is 4.74 Å². The molecular weight excluding hydrogens is 364 g/mol. The van der Waals surface area contributed by atoms with Crippen molar-refractivity contribution in [3.05, 3.63) is 47.9 Å². The zero-order chi connectivity index (χ0) is 20.2. The van der Waals surface area contributed by atoms with Crippen LogP contribution >= 0.6 is 0 Å². The molecule has 154 valence electrons. The quantitative estimate of drug-likeness (QED) is 0.790. The van der Waals surface area contributed by atoms with Crippen LogP contribution in [0.3, 0.4) is 0 Å². The van der Waals surface area contributed by atoms with Crippen LogP contribution in [0.25, 0.3) is 0 Å². The molecule has 2 aromatic rings. The standard InChI is InChI=1S/C23H30N4O2/c1-17-3-5-21(6-4-17)29-23-22(24-11-12-25-23)19-7-13-27(14-8-19)20-9-15-26(16-10-20)18(2)28/h3-6,11-12,19-20H,7-10,13-16H2,1-2H3. The number of carbonyl (C=O) groups is 1. The molecule has 0 aliphatic carbocycles. The lowest BCUT2D eigenvalue weighted by Gasteiger charge is -2.41. The Hall–Kier alpha value is -2.47. The van der Waals surface area contributed by atoms with Crippen LogP contribution in [0.15, 0.2) is 36.7 Å². The first-order chi connectivity index (χ1) is 14.1. The van der Waals surface area contributed by atoms with Crippen molar-refractivity contribution in [1.29, 1.82) is 0 Å². The topological polar surface area (TPSA) is 58.6 Å². The average Bonchev–Trinajstić information content (AvgIpc) is 2.76. The molecule has 2 aliphatic rings. The maximum absolute atomic E-state index is 11.5. The van der Waals surface area contributed by atoms with Crippen molar-refractivity contribution in [2.75, 3.05) is 26.2 Å². The summed E-state index contributed by atoms with van der Waals surface area (Å²) in [6.07, 6.45) is 7.76.